The van der Waals surface area contributed by atoms with Gasteiger partial charge in [0.05, 0.1) is 12.0 Å². The first-order valence-corrected chi connectivity index (χ1v) is 6.39. The van der Waals surface area contributed by atoms with Crippen LogP contribution in [0.3, 0.4) is 0 Å². The van der Waals surface area contributed by atoms with E-state index in [0.29, 0.717) is 5.92 Å². The molecule has 90 valence electrons. The van der Waals surface area contributed by atoms with Crippen molar-refractivity contribution in [2.24, 2.45) is 11.3 Å². The Balaban J connectivity index is 1.74. The molecule has 0 radical (unpaired) electrons. The Morgan fingerprint density at radius 1 is 1.35 bits per heavy atom. The Morgan fingerprint density at radius 2 is 2.24 bits per heavy atom. The molecule has 1 saturated heterocycles. The molecule has 2 nitrogen and oxygen atoms in total. The first kappa shape index (κ1) is 10.8. The molecule has 3 aliphatic rings. The van der Waals surface area contributed by atoms with Crippen molar-refractivity contribution in [1.29, 1.82) is 0 Å². The smallest absolute Gasteiger partial charge is 0.107 e. The van der Waals surface area contributed by atoms with Gasteiger partial charge in [0.1, 0.15) is 5.76 Å². The molecule has 2 aliphatic carbocycles. The lowest BCUT2D eigenvalue weighted by Crippen LogP contribution is -2.44. The van der Waals surface area contributed by atoms with Crippen LogP contribution in [-0.2, 0) is 4.74 Å². The number of ether oxygens (including phenoxy) is 1. The average molecular weight is 229 g/mol. The zero-order chi connectivity index (χ0) is 11.7. The maximum absolute atomic E-state index is 6.05. The predicted octanol–water partition coefficient (Wildman–Crippen LogP) is 2.57. The average Bonchev–Trinajstić information content (AvgIpc) is 2.27. The van der Waals surface area contributed by atoms with Gasteiger partial charge in [-0.05, 0) is 25.0 Å². The zero-order valence-corrected chi connectivity index (χ0v) is 10.3. The van der Waals surface area contributed by atoms with Gasteiger partial charge in [-0.25, -0.2) is 0 Å². The van der Waals surface area contributed by atoms with E-state index in [1.807, 2.05) is 0 Å². The molecule has 0 saturated carbocycles. The van der Waals surface area contributed by atoms with Gasteiger partial charge >= 0.3 is 0 Å². The molecule has 3 rings (SSSR count). The van der Waals surface area contributed by atoms with Crippen LogP contribution in [0, 0.1) is 11.3 Å². The minimum atomic E-state index is 0.0562. The summed E-state index contributed by atoms with van der Waals surface area (Å²) in [5.41, 5.74) is 1.42. The highest BCUT2D eigenvalue weighted by molar-refractivity contribution is 5.45. The lowest BCUT2D eigenvalue weighted by Gasteiger charge is -2.37. The van der Waals surface area contributed by atoms with Gasteiger partial charge in [-0.2, -0.15) is 0 Å². The van der Waals surface area contributed by atoms with Crippen LogP contribution >= 0.6 is 0 Å². The topological polar surface area (TPSA) is 21.3 Å². The standard InChI is InChI=1S/C15H19NO/c1-15-8-3-2-5-13(15)6-4-7-14(15)17-11-12-9-16-10-12/h2-7,12,16H,8-11H2,1H3. The van der Waals surface area contributed by atoms with Gasteiger partial charge in [0.15, 0.2) is 0 Å². The Kier molecular flexibility index (Phi) is 2.67. The van der Waals surface area contributed by atoms with Crippen LogP contribution in [0.25, 0.3) is 0 Å². The van der Waals surface area contributed by atoms with Gasteiger partial charge < -0.3 is 10.1 Å². The molecule has 1 unspecified atom stereocenters. The van der Waals surface area contributed by atoms with Crippen LogP contribution < -0.4 is 5.32 Å². The molecule has 1 atom stereocenters. The summed E-state index contributed by atoms with van der Waals surface area (Å²) in [6, 6.07) is 0. The van der Waals surface area contributed by atoms with Crippen molar-refractivity contribution in [1.82, 2.24) is 5.32 Å². The molecule has 1 aliphatic heterocycles. The summed E-state index contributed by atoms with van der Waals surface area (Å²) in [4.78, 5) is 0. The van der Waals surface area contributed by atoms with Crippen molar-refractivity contribution in [2.75, 3.05) is 19.7 Å². The molecular formula is C15H19NO. The maximum Gasteiger partial charge on any atom is 0.107 e. The van der Waals surface area contributed by atoms with E-state index >= 15 is 0 Å². The molecule has 0 aromatic carbocycles. The molecule has 1 fully saturated rings. The molecule has 1 heterocycles. The molecule has 0 spiro atoms. The van der Waals surface area contributed by atoms with Crippen LogP contribution in [0.1, 0.15) is 13.3 Å². The van der Waals surface area contributed by atoms with Gasteiger partial charge in [-0.15, -0.1) is 0 Å². The zero-order valence-electron chi connectivity index (χ0n) is 10.3. The van der Waals surface area contributed by atoms with Crippen molar-refractivity contribution < 1.29 is 4.74 Å². The van der Waals surface area contributed by atoms with Crippen LogP contribution in [0.2, 0.25) is 0 Å². The summed E-state index contributed by atoms with van der Waals surface area (Å²) in [5.74, 6) is 1.82. The van der Waals surface area contributed by atoms with Gasteiger partial charge in [0, 0.05) is 19.0 Å². The number of fused-ring (bicyclic) bond motifs is 1. The van der Waals surface area contributed by atoms with Gasteiger partial charge in [0.25, 0.3) is 0 Å². The third kappa shape index (κ3) is 1.87. The normalized spacial score (nSPS) is 31.4. The second kappa shape index (κ2) is 4.19. The highest BCUT2D eigenvalue weighted by Gasteiger charge is 2.35. The summed E-state index contributed by atoms with van der Waals surface area (Å²) in [5, 5.41) is 3.28. The minimum absolute atomic E-state index is 0.0562. The van der Waals surface area contributed by atoms with E-state index < -0.39 is 0 Å². The number of hydrogen-bond acceptors (Lipinski definition) is 2. The molecule has 0 bridgehead atoms. The van der Waals surface area contributed by atoms with Gasteiger partial charge in [0.2, 0.25) is 0 Å². The molecule has 0 aromatic rings. The first-order chi connectivity index (χ1) is 8.29. The number of nitrogens with one attached hydrogen (secondary N) is 1. The summed E-state index contributed by atoms with van der Waals surface area (Å²) >= 11 is 0. The third-order valence-electron chi connectivity index (χ3n) is 3.98. The van der Waals surface area contributed by atoms with E-state index in [4.69, 9.17) is 4.74 Å². The van der Waals surface area contributed by atoms with E-state index in [2.05, 4.69) is 48.7 Å². The second-order valence-corrected chi connectivity index (χ2v) is 5.31. The van der Waals surface area contributed by atoms with Gasteiger partial charge in [-0.1, -0.05) is 30.4 Å². The second-order valence-electron chi connectivity index (χ2n) is 5.31. The van der Waals surface area contributed by atoms with Crippen LogP contribution in [0.5, 0.6) is 0 Å². The number of allylic oxidation sites excluding steroid dienone is 7. The molecule has 0 aromatic heterocycles. The van der Waals surface area contributed by atoms with Crippen LogP contribution in [0.4, 0.5) is 0 Å². The van der Waals surface area contributed by atoms with Crippen LogP contribution in [-0.4, -0.2) is 19.7 Å². The lowest BCUT2D eigenvalue weighted by molar-refractivity contribution is 0.0986. The largest absolute Gasteiger partial charge is 0.497 e. The fraction of sp³-hybridized carbons (Fsp3) is 0.467. The van der Waals surface area contributed by atoms with E-state index in [1.54, 1.807) is 0 Å². The van der Waals surface area contributed by atoms with Gasteiger partial charge in [-0.3, -0.25) is 0 Å². The van der Waals surface area contributed by atoms with E-state index in [1.165, 1.54) is 5.57 Å². The van der Waals surface area contributed by atoms with Crippen LogP contribution in [0.15, 0.2) is 47.8 Å². The Labute approximate surface area is 103 Å². The highest BCUT2D eigenvalue weighted by Crippen LogP contribution is 2.44. The Hall–Kier alpha value is -1.28. The van der Waals surface area contributed by atoms with E-state index in [-0.39, 0.29) is 5.41 Å². The first-order valence-electron chi connectivity index (χ1n) is 6.39. The third-order valence-corrected chi connectivity index (χ3v) is 3.98. The SMILES string of the molecule is CC12CC=CC=C1C=CC=C2OCC1CNC1. The Morgan fingerprint density at radius 3 is 3.00 bits per heavy atom. The molecule has 0 amide bonds. The predicted molar refractivity (Wildman–Crippen MR) is 69.5 cm³/mol. The molecule has 1 N–H and O–H groups in total. The fourth-order valence-electron chi connectivity index (χ4n) is 2.56. The monoisotopic (exact) mass is 229 g/mol. The quantitative estimate of drug-likeness (QED) is 0.803. The van der Waals surface area contributed by atoms with Crippen molar-refractivity contribution in [3.63, 3.8) is 0 Å². The van der Waals surface area contributed by atoms with E-state index in [9.17, 15) is 0 Å². The Bertz CT molecular complexity index is 426. The minimum Gasteiger partial charge on any atom is -0.497 e. The summed E-state index contributed by atoms with van der Waals surface area (Å²) < 4.78 is 6.05. The molecule has 17 heavy (non-hydrogen) atoms. The summed E-state index contributed by atoms with van der Waals surface area (Å²) in [7, 11) is 0. The fourth-order valence-corrected chi connectivity index (χ4v) is 2.56. The van der Waals surface area contributed by atoms with Crippen molar-refractivity contribution >= 4 is 0 Å². The highest BCUT2D eigenvalue weighted by atomic mass is 16.5. The molecular weight excluding hydrogens is 210 g/mol. The number of hydrogen-bond donors (Lipinski definition) is 1. The lowest BCUT2D eigenvalue weighted by atomic mass is 9.72. The molecule has 2 heteroatoms. The van der Waals surface area contributed by atoms with Crippen molar-refractivity contribution in [3.8, 4) is 0 Å². The summed E-state index contributed by atoms with van der Waals surface area (Å²) in [6.07, 6.45) is 14.0. The summed E-state index contributed by atoms with van der Waals surface area (Å²) in [6.45, 7) is 5.32. The van der Waals surface area contributed by atoms with Crippen molar-refractivity contribution in [2.45, 2.75) is 13.3 Å². The number of rotatable bonds is 3. The maximum atomic E-state index is 6.05. The van der Waals surface area contributed by atoms with E-state index in [0.717, 1.165) is 31.9 Å². The van der Waals surface area contributed by atoms with Crippen molar-refractivity contribution in [3.05, 3.63) is 47.8 Å².